The SMILES string of the molecule is CCn1ncc(-c2cc(C(=O)NCc3c(Br)cnn3CC)c3ccccc3n2)c1C. The van der Waals surface area contributed by atoms with E-state index in [4.69, 9.17) is 4.98 Å². The lowest BCUT2D eigenvalue weighted by molar-refractivity contribution is 0.0951. The number of aromatic nitrogens is 5. The maximum absolute atomic E-state index is 13.2. The molecular formula is C22H23BrN6O. The zero-order valence-electron chi connectivity index (χ0n) is 17.2. The van der Waals surface area contributed by atoms with Gasteiger partial charge in [0.2, 0.25) is 0 Å². The lowest BCUT2D eigenvalue weighted by atomic mass is 10.0. The van der Waals surface area contributed by atoms with E-state index in [1.165, 1.54) is 0 Å². The summed E-state index contributed by atoms with van der Waals surface area (Å²) in [5.41, 5.74) is 5.02. The van der Waals surface area contributed by atoms with Crippen LogP contribution in [0.5, 0.6) is 0 Å². The van der Waals surface area contributed by atoms with Gasteiger partial charge in [-0.1, -0.05) is 18.2 Å². The van der Waals surface area contributed by atoms with Crippen LogP contribution < -0.4 is 5.32 Å². The molecule has 8 heteroatoms. The molecule has 0 fully saturated rings. The normalized spacial score (nSPS) is 11.2. The average molecular weight is 467 g/mol. The van der Waals surface area contributed by atoms with Gasteiger partial charge in [0.25, 0.3) is 5.91 Å². The summed E-state index contributed by atoms with van der Waals surface area (Å²) >= 11 is 3.51. The van der Waals surface area contributed by atoms with E-state index in [1.807, 2.05) is 59.7 Å². The predicted molar refractivity (Wildman–Crippen MR) is 120 cm³/mol. The fraction of sp³-hybridized carbons (Fsp3) is 0.273. The molecule has 1 N–H and O–H groups in total. The molecular weight excluding hydrogens is 444 g/mol. The highest BCUT2D eigenvalue weighted by Crippen LogP contribution is 2.27. The number of amides is 1. The minimum atomic E-state index is -0.147. The van der Waals surface area contributed by atoms with Crippen molar-refractivity contribution in [3.63, 3.8) is 0 Å². The van der Waals surface area contributed by atoms with Crippen molar-refractivity contribution < 1.29 is 4.79 Å². The predicted octanol–water partition coefficient (Wildman–Crippen LogP) is 4.34. The van der Waals surface area contributed by atoms with E-state index in [9.17, 15) is 4.79 Å². The quantitative estimate of drug-likeness (QED) is 0.458. The van der Waals surface area contributed by atoms with Crippen molar-refractivity contribution in [2.75, 3.05) is 0 Å². The Balaban J connectivity index is 1.72. The van der Waals surface area contributed by atoms with Gasteiger partial charge in [0.05, 0.1) is 45.9 Å². The largest absolute Gasteiger partial charge is 0.346 e. The number of hydrogen-bond donors (Lipinski definition) is 1. The van der Waals surface area contributed by atoms with Crippen LogP contribution >= 0.6 is 15.9 Å². The number of carbonyl (C=O) groups excluding carboxylic acids is 1. The van der Waals surface area contributed by atoms with Crippen LogP contribution in [-0.4, -0.2) is 30.5 Å². The van der Waals surface area contributed by atoms with Crippen molar-refractivity contribution in [2.45, 2.75) is 40.4 Å². The molecule has 1 aromatic carbocycles. The van der Waals surface area contributed by atoms with E-state index >= 15 is 0 Å². The number of hydrogen-bond acceptors (Lipinski definition) is 4. The summed E-state index contributed by atoms with van der Waals surface area (Å²) in [6.45, 7) is 7.99. The van der Waals surface area contributed by atoms with Crippen molar-refractivity contribution >= 4 is 32.7 Å². The summed E-state index contributed by atoms with van der Waals surface area (Å²) in [6, 6.07) is 9.56. The standard InChI is InChI=1S/C22H23BrN6O/c1-4-28-14(3)17(11-25-28)20-10-16(15-8-6-7-9-19(15)27-20)22(30)24-13-21-18(23)12-26-29(21)5-2/h6-12H,4-5,13H2,1-3H3,(H,24,30). The summed E-state index contributed by atoms with van der Waals surface area (Å²) < 4.78 is 4.67. The van der Waals surface area contributed by atoms with Crippen molar-refractivity contribution in [1.82, 2.24) is 29.9 Å². The number of nitrogens with one attached hydrogen (secondary N) is 1. The van der Waals surface area contributed by atoms with Gasteiger partial charge in [0, 0.05) is 29.7 Å². The molecule has 7 nitrogen and oxygen atoms in total. The number of rotatable bonds is 6. The average Bonchev–Trinajstić information content (AvgIpc) is 3.32. The summed E-state index contributed by atoms with van der Waals surface area (Å²) in [5.74, 6) is -0.147. The Kier molecular flexibility index (Phi) is 5.67. The third kappa shape index (κ3) is 3.63. The number of benzene rings is 1. The Bertz CT molecular complexity index is 1230. The fourth-order valence-electron chi connectivity index (χ4n) is 3.61. The van der Waals surface area contributed by atoms with Gasteiger partial charge in [-0.15, -0.1) is 0 Å². The first-order chi connectivity index (χ1) is 14.5. The molecule has 0 spiro atoms. The molecule has 0 aliphatic carbocycles. The number of aryl methyl sites for hydroxylation is 2. The molecule has 3 heterocycles. The molecule has 0 saturated heterocycles. The second-order valence-corrected chi connectivity index (χ2v) is 7.82. The minimum Gasteiger partial charge on any atom is -0.346 e. The summed E-state index contributed by atoms with van der Waals surface area (Å²) in [5, 5.41) is 12.6. The molecule has 0 atom stereocenters. The summed E-state index contributed by atoms with van der Waals surface area (Å²) in [4.78, 5) is 18.0. The summed E-state index contributed by atoms with van der Waals surface area (Å²) in [7, 11) is 0. The first-order valence-electron chi connectivity index (χ1n) is 9.94. The zero-order chi connectivity index (χ0) is 21.3. The molecule has 4 aromatic rings. The highest BCUT2D eigenvalue weighted by Gasteiger charge is 2.17. The van der Waals surface area contributed by atoms with Gasteiger partial charge in [-0.05, 0) is 48.8 Å². The van der Waals surface area contributed by atoms with Crippen LogP contribution in [0.4, 0.5) is 0 Å². The van der Waals surface area contributed by atoms with Crippen molar-refractivity contribution in [3.05, 3.63) is 64.1 Å². The molecule has 0 saturated carbocycles. The Morgan fingerprint density at radius 2 is 1.83 bits per heavy atom. The van der Waals surface area contributed by atoms with Gasteiger partial charge in [-0.2, -0.15) is 10.2 Å². The van der Waals surface area contributed by atoms with Crippen LogP contribution in [0.3, 0.4) is 0 Å². The number of fused-ring (bicyclic) bond motifs is 1. The molecule has 3 aromatic heterocycles. The van der Waals surface area contributed by atoms with Crippen molar-refractivity contribution in [1.29, 1.82) is 0 Å². The maximum Gasteiger partial charge on any atom is 0.252 e. The van der Waals surface area contributed by atoms with Crippen LogP contribution in [-0.2, 0) is 19.6 Å². The molecule has 4 rings (SSSR count). The minimum absolute atomic E-state index is 0.147. The maximum atomic E-state index is 13.2. The van der Waals surface area contributed by atoms with E-state index in [-0.39, 0.29) is 5.91 Å². The second kappa shape index (κ2) is 8.39. The van der Waals surface area contributed by atoms with Gasteiger partial charge < -0.3 is 5.32 Å². The highest BCUT2D eigenvalue weighted by molar-refractivity contribution is 9.10. The van der Waals surface area contributed by atoms with Gasteiger partial charge in [-0.3, -0.25) is 14.2 Å². The second-order valence-electron chi connectivity index (χ2n) is 6.97. The van der Waals surface area contributed by atoms with Gasteiger partial charge in [0.1, 0.15) is 0 Å². The number of nitrogens with zero attached hydrogens (tertiary/aromatic N) is 5. The molecule has 154 valence electrons. The molecule has 0 radical (unpaired) electrons. The van der Waals surface area contributed by atoms with E-state index in [2.05, 4.69) is 38.4 Å². The van der Waals surface area contributed by atoms with Crippen molar-refractivity contribution in [3.8, 4) is 11.3 Å². The number of halogens is 1. The number of para-hydroxylation sites is 1. The molecule has 30 heavy (non-hydrogen) atoms. The van der Waals surface area contributed by atoms with Crippen molar-refractivity contribution in [2.24, 2.45) is 0 Å². The van der Waals surface area contributed by atoms with Gasteiger partial charge >= 0.3 is 0 Å². The third-order valence-corrected chi connectivity index (χ3v) is 5.92. The van der Waals surface area contributed by atoms with E-state index in [0.29, 0.717) is 12.1 Å². The smallest absolute Gasteiger partial charge is 0.252 e. The highest BCUT2D eigenvalue weighted by atomic mass is 79.9. The first-order valence-corrected chi connectivity index (χ1v) is 10.7. The van der Waals surface area contributed by atoms with Crippen LogP contribution in [0.1, 0.15) is 35.6 Å². The zero-order valence-corrected chi connectivity index (χ0v) is 18.8. The van der Waals surface area contributed by atoms with Crippen LogP contribution in [0.15, 0.2) is 47.2 Å². The molecule has 0 aliphatic rings. The van der Waals surface area contributed by atoms with E-state index in [1.54, 1.807) is 6.20 Å². The topological polar surface area (TPSA) is 77.6 Å². The number of carbonyl (C=O) groups is 1. The Labute approximate surface area is 183 Å². The lowest BCUT2D eigenvalue weighted by Crippen LogP contribution is -2.25. The van der Waals surface area contributed by atoms with Gasteiger partial charge in [0.15, 0.2) is 0 Å². The molecule has 1 amide bonds. The number of pyridine rings is 1. The fourth-order valence-corrected chi connectivity index (χ4v) is 4.05. The lowest BCUT2D eigenvalue weighted by Gasteiger charge is -2.11. The summed E-state index contributed by atoms with van der Waals surface area (Å²) in [6.07, 6.45) is 3.56. The van der Waals surface area contributed by atoms with Crippen LogP contribution in [0.25, 0.3) is 22.2 Å². The van der Waals surface area contributed by atoms with Crippen LogP contribution in [0.2, 0.25) is 0 Å². The Morgan fingerprint density at radius 1 is 1.10 bits per heavy atom. The van der Waals surface area contributed by atoms with E-state index in [0.717, 1.165) is 51.1 Å². The Hall–Kier alpha value is -3.00. The third-order valence-electron chi connectivity index (χ3n) is 5.25. The molecule has 0 aliphatic heterocycles. The Morgan fingerprint density at radius 3 is 2.57 bits per heavy atom. The van der Waals surface area contributed by atoms with E-state index < -0.39 is 0 Å². The molecule has 0 unspecified atom stereocenters. The molecule has 0 bridgehead atoms. The monoisotopic (exact) mass is 466 g/mol. The van der Waals surface area contributed by atoms with Gasteiger partial charge in [-0.25, -0.2) is 4.98 Å². The van der Waals surface area contributed by atoms with Crippen LogP contribution in [0, 0.1) is 6.92 Å². The first kappa shape index (κ1) is 20.3.